The Hall–Kier alpha value is -1.26. The first-order chi connectivity index (χ1) is 9.04. The lowest BCUT2D eigenvalue weighted by molar-refractivity contribution is 0.256. The second-order valence-electron chi connectivity index (χ2n) is 4.76. The fourth-order valence-corrected chi connectivity index (χ4v) is 2.03. The summed E-state index contributed by atoms with van der Waals surface area (Å²) in [6.45, 7) is 3.15. The summed E-state index contributed by atoms with van der Waals surface area (Å²) in [5.41, 5.74) is 6.68. The van der Waals surface area contributed by atoms with E-state index in [-0.39, 0.29) is 0 Å². The highest BCUT2D eigenvalue weighted by Crippen LogP contribution is 2.21. The number of nitrogens with zero attached hydrogens (tertiary/aromatic N) is 2. The average Bonchev–Trinajstić information content (AvgIpc) is 2.43. The van der Waals surface area contributed by atoms with Crippen LogP contribution in [-0.2, 0) is 0 Å². The standard InChI is InChI=1S/C14H22ClN3O/c1-11(12-6-8-13(15)9-7-12)18(2)10-4-3-5-14(16)17-19/h6-9,11,19H,3-5,10H2,1-2H3,(H2,16,17). The molecule has 0 heterocycles. The van der Waals surface area contributed by atoms with Crippen LogP contribution in [0.1, 0.15) is 37.8 Å². The molecule has 1 rings (SSSR count). The minimum absolute atomic E-state index is 0.299. The van der Waals surface area contributed by atoms with Crippen LogP contribution in [0.3, 0.4) is 0 Å². The summed E-state index contributed by atoms with van der Waals surface area (Å²) in [6, 6.07) is 8.29. The Labute approximate surface area is 119 Å². The smallest absolute Gasteiger partial charge is 0.139 e. The molecule has 0 spiro atoms. The normalized spacial score (nSPS) is 13.8. The van der Waals surface area contributed by atoms with Crippen molar-refractivity contribution in [3.8, 4) is 0 Å². The van der Waals surface area contributed by atoms with Gasteiger partial charge in [0.15, 0.2) is 0 Å². The summed E-state index contributed by atoms with van der Waals surface area (Å²) in [6.07, 6.45) is 2.58. The van der Waals surface area contributed by atoms with E-state index in [4.69, 9.17) is 22.5 Å². The molecule has 4 nitrogen and oxygen atoms in total. The van der Waals surface area contributed by atoms with Gasteiger partial charge in [0.25, 0.3) is 0 Å². The molecule has 0 saturated heterocycles. The maximum Gasteiger partial charge on any atom is 0.139 e. The van der Waals surface area contributed by atoms with Crippen molar-refractivity contribution in [2.75, 3.05) is 13.6 Å². The molecule has 1 aromatic carbocycles. The summed E-state index contributed by atoms with van der Waals surface area (Å²) in [7, 11) is 2.10. The number of halogens is 1. The lowest BCUT2D eigenvalue weighted by atomic mass is 10.1. The van der Waals surface area contributed by atoms with Crippen LogP contribution in [0, 0.1) is 0 Å². The maximum absolute atomic E-state index is 8.44. The van der Waals surface area contributed by atoms with Crippen molar-refractivity contribution in [1.82, 2.24) is 4.90 Å². The lowest BCUT2D eigenvalue weighted by Gasteiger charge is -2.25. The van der Waals surface area contributed by atoms with Crippen LogP contribution in [-0.4, -0.2) is 29.5 Å². The molecule has 0 aliphatic carbocycles. The van der Waals surface area contributed by atoms with Gasteiger partial charge in [-0.1, -0.05) is 28.9 Å². The van der Waals surface area contributed by atoms with E-state index in [2.05, 4.69) is 36.2 Å². The van der Waals surface area contributed by atoms with Crippen LogP contribution in [0.4, 0.5) is 0 Å². The first kappa shape index (κ1) is 15.8. The Morgan fingerprint density at radius 2 is 2.00 bits per heavy atom. The molecule has 5 heteroatoms. The topological polar surface area (TPSA) is 61.8 Å². The average molecular weight is 284 g/mol. The number of benzene rings is 1. The van der Waals surface area contributed by atoms with Gasteiger partial charge in [0.2, 0.25) is 0 Å². The quantitative estimate of drug-likeness (QED) is 0.265. The van der Waals surface area contributed by atoms with Gasteiger partial charge in [-0.15, -0.1) is 0 Å². The van der Waals surface area contributed by atoms with Crippen molar-refractivity contribution in [2.45, 2.75) is 32.2 Å². The molecule has 1 unspecified atom stereocenters. The number of hydrogen-bond donors (Lipinski definition) is 2. The number of oxime groups is 1. The molecule has 0 saturated carbocycles. The third kappa shape index (κ3) is 5.49. The Morgan fingerprint density at radius 1 is 1.37 bits per heavy atom. The SMILES string of the molecule is CC(c1ccc(Cl)cc1)N(C)CCCCC(N)=NO. The zero-order chi connectivity index (χ0) is 14.3. The summed E-state index contributed by atoms with van der Waals surface area (Å²) >= 11 is 5.88. The molecule has 0 aromatic heterocycles. The Balaban J connectivity index is 2.36. The summed E-state index contributed by atoms with van der Waals surface area (Å²) < 4.78 is 0. The fraction of sp³-hybridized carbons (Fsp3) is 0.500. The van der Waals surface area contributed by atoms with E-state index in [1.54, 1.807) is 0 Å². The van der Waals surface area contributed by atoms with Crippen molar-refractivity contribution in [3.63, 3.8) is 0 Å². The highest BCUT2D eigenvalue weighted by atomic mass is 35.5. The summed E-state index contributed by atoms with van der Waals surface area (Å²) in [5, 5.41) is 12.2. The van der Waals surface area contributed by atoms with Crippen LogP contribution in [0.25, 0.3) is 0 Å². The lowest BCUT2D eigenvalue weighted by Crippen LogP contribution is -2.24. The van der Waals surface area contributed by atoms with Gasteiger partial charge in [0.1, 0.15) is 5.84 Å². The van der Waals surface area contributed by atoms with Gasteiger partial charge in [-0.25, -0.2) is 0 Å². The van der Waals surface area contributed by atoms with Crippen LogP contribution in [0.15, 0.2) is 29.4 Å². The molecule has 0 radical (unpaired) electrons. The van der Waals surface area contributed by atoms with Gasteiger partial charge in [0.05, 0.1) is 0 Å². The minimum Gasteiger partial charge on any atom is -0.409 e. The Bertz CT molecular complexity index is 406. The molecule has 19 heavy (non-hydrogen) atoms. The first-order valence-electron chi connectivity index (χ1n) is 6.46. The van der Waals surface area contributed by atoms with Crippen molar-refractivity contribution in [3.05, 3.63) is 34.9 Å². The predicted octanol–water partition coefficient (Wildman–Crippen LogP) is 3.25. The molecule has 106 valence electrons. The molecule has 3 N–H and O–H groups in total. The van der Waals surface area contributed by atoms with Crippen molar-refractivity contribution >= 4 is 17.4 Å². The number of rotatable bonds is 7. The van der Waals surface area contributed by atoms with Gasteiger partial charge in [-0.05, 0) is 51.1 Å². The van der Waals surface area contributed by atoms with Crippen molar-refractivity contribution in [1.29, 1.82) is 0 Å². The van der Waals surface area contributed by atoms with Crippen molar-refractivity contribution < 1.29 is 5.21 Å². The number of amidine groups is 1. The van der Waals surface area contributed by atoms with Gasteiger partial charge < -0.3 is 10.9 Å². The van der Waals surface area contributed by atoms with Crippen LogP contribution >= 0.6 is 11.6 Å². The van der Waals surface area contributed by atoms with Gasteiger partial charge in [-0.2, -0.15) is 0 Å². The zero-order valence-corrected chi connectivity index (χ0v) is 12.3. The Kier molecular flexibility index (Phi) is 6.67. The summed E-state index contributed by atoms with van der Waals surface area (Å²) in [5.74, 6) is 0.299. The van der Waals surface area contributed by atoms with Crippen molar-refractivity contribution in [2.24, 2.45) is 10.9 Å². The van der Waals surface area contributed by atoms with E-state index < -0.39 is 0 Å². The first-order valence-corrected chi connectivity index (χ1v) is 6.84. The molecular formula is C14H22ClN3O. The maximum atomic E-state index is 8.44. The monoisotopic (exact) mass is 283 g/mol. The summed E-state index contributed by atoms with van der Waals surface area (Å²) in [4.78, 5) is 2.29. The molecule has 0 bridgehead atoms. The molecule has 0 amide bonds. The second kappa shape index (κ2) is 8.02. The van der Waals surface area contributed by atoms with Gasteiger partial charge in [0, 0.05) is 17.5 Å². The van der Waals surface area contributed by atoms with Gasteiger partial charge >= 0.3 is 0 Å². The number of nitrogens with two attached hydrogens (primary N) is 1. The predicted molar refractivity (Wildman–Crippen MR) is 79.8 cm³/mol. The van der Waals surface area contributed by atoms with Crippen LogP contribution < -0.4 is 5.73 Å². The van der Waals surface area contributed by atoms with Gasteiger partial charge in [-0.3, -0.25) is 4.90 Å². The van der Waals surface area contributed by atoms with E-state index >= 15 is 0 Å². The fourth-order valence-electron chi connectivity index (χ4n) is 1.91. The van der Waals surface area contributed by atoms with E-state index in [0.717, 1.165) is 24.4 Å². The molecule has 0 aliphatic heterocycles. The molecule has 1 aromatic rings. The van der Waals surface area contributed by atoms with E-state index in [0.29, 0.717) is 18.3 Å². The third-order valence-corrected chi connectivity index (χ3v) is 3.59. The largest absolute Gasteiger partial charge is 0.409 e. The van der Waals surface area contributed by atoms with E-state index in [1.165, 1.54) is 5.56 Å². The highest BCUT2D eigenvalue weighted by Gasteiger charge is 2.10. The molecule has 0 aliphatic rings. The second-order valence-corrected chi connectivity index (χ2v) is 5.19. The third-order valence-electron chi connectivity index (χ3n) is 3.34. The van der Waals surface area contributed by atoms with Crippen LogP contribution in [0.5, 0.6) is 0 Å². The molecule has 1 atom stereocenters. The number of unbranched alkanes of at least 4 members (excludes halogenated alkanes) is 1. The minimum atomic E-state index is 0.299. The number of hydrogen-bond acceptors (Lipinski definition) is 3. The highest BCUT2D eigenvalue weighted by molar-refractivity contribution is 6.30. The van der Waals surface area contributed by atoms with E-state index in [9.17, 15) is 0 Å². The van der Waals surface area contributed by atoms with Crippen LogP contribution in [0.2, 0.25) is 5.02 Å². The molecular weight excluding hydrogens is 262 g/mol. The zero-order valence-electron chi connectivity index (χ0n) is 11.5. The molecule has 0 fully saturated rings. The Morgan fingerprint density at radius 3 is 2.58 bits per heavy atom. The van der Waals surface area contributed by atoms with E-state index in [1.807, 2.05) is 12.1 Å².